The normalized spacial score (nSPS) is 11.3. The maximum atomic E-state index is 13.7. The van der Waals surface area contributed by atoms with E-state index in [1.54, 1.807) is 36.4 Å². The molecular weight excluding hydrogens is 432 g/mol. The van der Waals surface area contributed by atoms with Crippen molar-refractivity contribution in [2.24, 2.45) is 0 Å². The highest BCUT2D eigenvalue weighted by Crippen LogP contribution is 2.28. The maximum absolute atomic E-state index is 13.7. The molecule has 0 aromatic heterocycles. The van der Waals surface area contributed by atoms with Gasteiger partial charge in [0, 0.05) is 11.1 Å². The Labute approximate surface area is 194 Å². The Bertz CT molecular complexity index is 1390. The highest BCUT2D eigenvalue weighted by molar-refractivity contribution is 7.92. The van der Waals surface area contributed by atoms with Crippen LogP contribution < -0.4 is 9.62 Å². The van der Waals surface area contributed by atoms with E-state index in [9.17, 15) is 13.2 Å². The summed E-state index contributed by atoms with van der Waals surface area (Å²) in [4.78, 5) is 13.3. The number of para-hydroxylation sites is 1. The summed E-state index contributed by atoms with van der Waals surface area (Å²) in [6, 6.07) is 27.4. The lowest BCUT2D eigenvalue weighted by molar-refractivity contribution is -0.114. The van der Waals surface area contributed by atoms with Gasteiger partial charge in [-0.2, -0.15) is 0 Å². The van der Waals surface area contributed by atoms with E-state index in [0.717, 1.165) is 21.9 Å². The molecule has 0 saturated heterocycles. The fraction of sp³-hybridized carbons (Fsp3) is 0.148. The maximum Gasteiger partial charge on any atom is 0.264 e. The number of nitrogens with one attached hydrogen (secondary N) is 1. The fourth-order valence-electron chi connectivity index (χ4n) is 3.84. The van der Waals surface area contributed by atoms with Gasteiger partial charge in [0.15, 0.2) is 0 Å². The van der Waals surface area contributed by atoms with Crippen molar-refractivity contribution in [3.63, 3.8) is 0 Å². The minimum atomic E-state index is -3.96. The van der Waals surface area contributed by atoms with Gasteiger partial charge in [-0.25, -0.2) is 8.42 Å². The molecule has 0 aliphatic carbocycles. The van der Waals surface area contributed by atoms with E-state index < -0.39 is 15.9 Å². The number of benzene rings is 4. The van der Waals surface area contributed by atoms with Crippen LogP contribution in [0.4, 0.5) is 11.4 Å². The van der Waals surface area contributed by atoms with Crippen molar-refractivity contribution in [2.45, 2.75) is 25.2 Å². The van der Waals surface area contributed by atoms with Gasteiger partial charge in [-0.3, -0.25) is 9.10 Å². The molecule has 4 rings (SSSR count). The third-order valence-electron chi connectivity index (χ3n) is 5.60. The van der Waals surface area contributed by atoms with Crippen LogP contribution in [-0.2, 0) is 21.2 Å². The number of sulfonamides is 1. The van der Waals surface area contributed by atoms with Crippen LogP contribution in [0, 0.1) is 6.92 Å². The number of aryl methyl sites for hydroxylation is 2. The SMILES string of the molecule is CCc1ccccc1N(CC(=O)Nc1cccc2ccccc12)S(=O)(=O)c1ccc(C)cc1. The number of hydrogen-bond acceptors (Lipinski definition) is 3. The van der Waals surface area contributed by atoms with E-state index in [-0.39, 0.29) is 11.4 Å². The molecule has 0 spiro atoms. The summed E-state index contributed by atoms with van der Waals surface area (Å²) in [7, 11) is -3.96. The molecule has 0 saturated carbocycles. The van der Waals surface area contributed by atoms with Crippen LogP contribution in [0.2, 0.25) is 0 Å². The second-order valence-electron chi connectivity index (χ2n) is 7.88. The first kappa shape index (κ1) is 22.6. The van der Waals surface area contributed by atoms with Gasteiger partial charge in [-0.15, -0.1) is 0 Å². The Balaban J connectivity index is 1.72. The van der Waals surface area contributed by atoms with Crippen molar-refractivity contribution in [1.82, 2.24) is 0 Å². The van der Waals surface area contributed by atoms with E-state index in [1.165, 1.54) is 4.31 Å². The van der Waals surface area contributed by atoms with Crippen molar-refractivity contribution in [3.8, 4) is 0 Å². The molecule has 168 valence electrons. The van der Waals surface area contributed by atoms with E-state index in [1.807, 2.05) is 68.4 Å². The van der Waals surface area contributed by atoms with Gasteiger partial charge in [-0.1, -0.05) is 79.2 Å². The molecule has 0 heterocycles. The zero-order chi connectivity index (χ0) is 23.4. The Morgan fingerprint density at radius 1 is 0.848 bits per heavy atom. The Morgan fingerprint density at radius 2 is 1.52 bits per heavy atom. The van der Waals surface area contributed by atoms with Crippen molar-refractivity contribution >= 4 is 38.1 Å². The van der Waals surface area contributed by atoms with E-state index in [4.69, 9.17) is 0 Å². The average molecular weight is 459 g/mol. The summed E-state index contributed by atoms with van der Waals surface area (Å²) in [5.74, 6) is -0.409. The largest absolute Gasteiger partial charge is 0.324 e. The number of carbonyl (C=O) groups is 1. The monoisotopic (exact) mass is 458 g/mol. The lowest BCUT2D eigenvalue weighted by atomic mass is 10.1. The predicted octanol–water partition coefficient (Wildman–Crippen LogP) is 5.54. The minimum absolute atomic E-state index is 0.150. The Morgan fingerprint density at radius 3 is 2.27 bits per heavy atom. The van der Waals surface area contributed by atoms with Crippen molar-refractivity contribution in [3.05, 3.63) is 102 Å². The van der Waals surface area contributed by atoms with Gasteiger partial charge in [0.25, 0.3) is 10.0 Å². The highest BCUT2D eigenvalue weighted by atomic mass is 32.2. The number of rotatable bonds is 7. The van der Waals surface area contributed by atoms with Crippen molar-refractivity contribution in [1.29, 1.82) is 0 Å². The van der Waals surface area contributed by atoms with E-state index in [0.29, 0.717) is 17.8 Å². The summed E-state index contributed by atoms with van der Waals surface area (Å²) in [6.07, 6.45) is 0.640. The van der Waals surface area contributed by atoms with Crippen LogP contribution in [0.3, 0.4) is 0 Å². The molecule has 1 amide bonds. The summed E-state index contributed by atoms with van der Waals surface area (Å²) in [5.41, 5.74) is 2.97. The topological polar surface area (TPSA) is 66.5 Å². The molecule has 33 heavy (non-hydrogen) atoms. The van der Waals surface area contributed by atoms with Gasteiger partial charge in [0.1, 0.15) is 6.54 Å². The molecule has 0 unspecified atom stereocenters. The highest BCUT2D eigenvalue weighted by Gasteiger charge is 2.28. The van der Waals surface area contributed by atoms with Crippen LogP contribution in [0.5, 0.6) is 0 Å². The fourth-order valence-corrected chi connectivity index (χ4v) is 5.30. The number of anilines is 2. The number of fused-ring (bicyclic) bond motifs is 1. The summed E-state index contributed by atoms with van der Waals surface area (Å²) in [6.45, 7) is 3.53. The number of carbonyl (C=O) groups excluding carboxylic acids is 1. The van der Waals surface area contributed by atoms with Gasteiger partial charge >= 0.3 is 0 Å². The van der Waals surface area contributed by atoms with Crippen LogP contribution in [0.15, 0.2) is 95.9 Å². The first-order valence-corrected chi connectivity index (χ1v) is 12.3. The predicted molar refractivity (Wildman–Crippen MR) is 134 cm³/mol. The number of hydrogen-bond donors (Lipinski definition) is 1. The lowest BCUT2D eigenvalue weighted by Gasteiger charge is -2.26. The molecule has 5 nitrogen and oxygen atoms in total. The number of nitrogens with zero attached hydrogens (tertiary/aromatic N) is 1. The van der Waals surface area contributed by atoms with Gasteiger partial charge < -0.3 is 5.32 Å². The molecule has 0 fully saturated rings. The van der Waals surface area contributed by atoms with Gasteiger partial charge in [0.2, 0.25) is 5.91 Å². The number of amides is 1. The zero-order valence-corrected chi connectivity index (χ0v) is 19.5. The Kier molecular flexibility index (Phi) is 6.47. The second-order valence-corrected chi connectivity index (χ2v) is 9.74. The molecule has 0 radical (unpaired) electrons. The molecule has 0 atom stereocenters. The lowest BCUT2D eigenvalue weighted by Crippen LogP contribution is -2.38. The van der Waals surface area contributed by atoms with E-state index in [2.05, 4.69) is 5.32 Å². The standard InChI is InChI=1S/C27H26N2O3S/c1-3-21-9-5-7-14-26(21)29(33(31,32)23-17-15-20(2)16-18-23)19-27(30)28-25-13-8-11-22-10-4-6-12-24(22)25/h4-18H,3,19H2,1-2H3,(H,28,30). The van der Waals surface area contributed by atoms with E-state index >= 15 is 0 Å². The van der Waals surface area contributed by atoms with Crippen LogP contribution in [0.25, 0.3) is 10.8 Å². The minimum Gasteiger partial charge on any atom is -0.324 e. The molecular formula is C27H26N2O3S. The molecule has 4 aromatic carbocycles. The molecule has 0 bridgehead atoms. The second kappa shape index (κ2) is 9.46. The molecule has 6 heteroatoms. The first-order chi connectivity index (χ1) is 15.9. The quantitative estimate of drug-likeness (QED) is 0.395. The third kappa shape index (κ3) is 4.76. The molecule has 1 N–H and O–H groups in total. The third-order valence-corrected chi connectivity index (χ3v) is 7.38. The van der Waals surface area contributed by atoms with Crippen LogP contribution >= 0.6 is 0 Å². The zero-order valence-electron chi connectivity index (χ0n) is 18.7. The first-order valence-electron chi connectivity index (χ1n) is 10.8. The van der Waals surface area contributed by atoms with Gasteiger partial charge in [0.05, 0.1) is 10.6 Å². The van der Waals surface area contributed by atoms with Crippen molar-refractivity contribution in [2.75, 3.05) is 16.2 Å². The van der Waals surface area contributed by atoms with Gasteiger partial charge in [-0.05, 0) is 48.6 Å². The summed E-state index contributed by atoms with van der Waals surface area (Å²) in [5, 5.41) is 4.80. The smallest absolute Gasteiger partial charge is 0.264 e. The summed E-state index contributed by atoms with van der Waals surface area (Å²) < 4.78 is 28.5. The molecule has 4 aromatic rings. The van der Waals surface area contributed by atoms with Crippen LogP contribution in [-0.4, -0.2) is 20.9 Å². The molecule has 0 aliphatic heterocycles. The average Bonchev–Trinajstić information content (AvgIpc) is 2.83. The Hall–Kier alpha value is -3.64. The van der Waals surface area contributed by atoms with Crippen molar-refractivity contribution < 1.29 is 13.2 Å². The van der Waals surface area contributed by atoms with Crippen LogP contribution in [0.1, 0.15) is 18.1 Å². The summed E-state index contributed by atoms with van der Waals surface area (Å²) >= 11 is 0. The molecule has 0 aliphatic rings.